The van der Waals surface area contributed by atoms with E-state index < -0.39 is 15.9 Å². The molecule has 0 spiro atoms. The molecule has 0 fully saturated rings. The lowest BCUT2D eigenvalue weighted by atomic mass is 10.2. The van der Waals surface area contributed by atoms with Gasteiger partial charge in [-0.2, -0.15) is 0 Å². The molecule has 8 heteroatoms. The fourth-order valence-corrected chi connectivity index (χ4v) is 2.55. The maximum atomic E-state index is 11.9. The minimum atomic E-state index is -3.60. The number of rotatable bonds is 8. The first-order chi connectivity index (χ1) is 8.97. The third-order valence-electron chi connectivity index (χ3n) is 2.45. The summed E-state index contributed by atoms with van der Waals surface area (Å²) in [5, 5.41) is 3.09. The van der Waals surface area contributed by atoms with Crippen LogP contribution in [0.4, 0.5) is 0 Å². The molecule has 0 unspecified atom stereocenters. The Morgan fingerprint density at radius 2 is 1.95 bits per heavy atom. The van der Waals surface area contributed by atoms with Crippen molar-refractivity contribution in [3.05, 3.63) is 29.8 Å². The zero-order valence-electron chi connectivity index (χ0n) is 11.3. The first kappa shape index (κ1) is 18.9. The van der Waals surface area contributed by atoms with Gasteiger partial charge in [-0.3, -0.25) is 4.79 Å². The van der Waals surface area contributed by atoms with Crippen LogP contribution in [0.25, 0.3) is 0 Å². The van der Waals surface area contributed by atoms with E-state index >= 15 is 0 Å². The Labute approximate surface area is 125 Å². The first-order valence-corrected chi connectivity index (χ1v) is 7.56. The molecule has 0 aromatic heterocycles. The number of nitrogens with two attached hydrogens (primary N) is 1. The average Bonchev–Trinajstić information content (AvgIpc) is 2.38. The Morgan fingerprint density at radius 1 is 1.25 bits per heavy atom. The van der Waals surface area contributed by atoms with Crippen molar-refractivity contribution in [3.8, 4) is 0 Å². The number of nitrogens with one attached hydrogen (secondary N) is 2. The van der Waals surface area contributed by atoms with E-state index in [1.54, 1.807) is 0 Å². The molecule has 0 heterocycles. The molecule has 1 rings (SSSR count). The number of carbonyl (C=O) groups excluding carboxylic acids is 1. The number of primary amides is 1. The number of amides is 1. The van der Waals surface area contributed by atoms with Gasteiger partial charge < -0.3 is 11.1 Å². The molecule has 1 aromatic rings. The Kier molecular flexibility index (Phi) is 8.40. The quantitative estimate of drug-likeness (QED) is 0.606. The summed E-state index contributed by atoms with van der Waals surface area (Å²) >= 11 is 0. The zero-order chi connectivity index (χ0) is 14.3. The van der Waals surface area contributed by atoms with Gasteiger partial charge in [-0.15, -0.1) is 12.4 Å². The smallest absolute Gasteiger partial charge is 0.248 e. The van der Waals surface area contributed by atoms with E-state index in [1.807, 2.05) is 6.92 Å². The second-order valence-electron chi connectivity index (χ2n) is 4.04. The Hall–Kier alpha value is -1.15. The molecule has 4 N–H and O–H groups in total. The maximum absolute atomic E-state index is 11.9. The van der Waals surface area contributed by atoms with Crippen molar-refractivity contribution < 1.29 is 13.2 Å². The standard InChI is InChI=1S/C12H19N3O3S.ClH/c1-2-6-14-7-8-15-19(17,18)11-5-3-4-10(9-11)12(13)16;/h3-5,9,14-15H,2,6-8H2,1H3,(H2,13,16);1H. The Balaban J connectivity index is 0.00000361. The van der Waals surface area contributed by atoms with E-state index in [0.29, 0.717) is 13.1 Å². The molecular formula is C12H20ClN3O3S. The predicted molar refractivity (Wildman–Crippen MR) is 80.6 cm³/mol. The highest BCUT2D eigenvalue weighted by atomic mass is 35.5. The Bertz CT molecular complexity index is 535. The molecule has 0 radical (unpaired) electrons. The summed E-state index contributed by atoms with van der Waals surface area (Å²) in [5.41, 5.74) is 5.29. The number of benzene rings is 1. The third-order valence-corrected chi connectivity index (χ3v) is 3.91. The predicted octanol–water partition coefficient (Wildman–Crippen LogP) is 0.485. The van der Waals surface area contributed by atoms with Crippen molar-refractivity contribution >= 4 is 28.3 Å². The highest BCUT2D eigenvalue weighted by Gasteiger charge is 2.14. The fourth-order valence-electron chi connectivity index (χ4n) is 1.48. The molecule has 20 heavy (non-hydrogen) atoms. The van der Waals surface area contributed by atoms with E-state index in [2.05, 4.69) is 10.0 Å². The summed E-state index contributed by atoms with van der Waals surface area (Å²) < 4.78 is 26.4. The molecule has 0 aliphatic heterocycles. The second-order valence-corrected chi connectivity index (χ2v) is 5.81. The molecule has 0 aliphatic carbocycles. The van der Waals surface area contributed by atoms with Crippen LogP contribution in [0.5, 0.6) is 0 Å². The van der Waals surface area contributed by atoms with E-state index in [9.17, 15) is 13.2 Å². The second kappa shape index (κ2) is 8.91. The van der Waals surface area contributed by atoms with Crippen LogP contribution in [0.1, 0.15) is 23.7 Å². The summed E-state index contributed by atoms with van der Waals surface area (Å²) in [7, 11) is -3.60. The van der Waals surface area contributed by atoms with Gasteiger partial charge in [0.25, 0.3) is 0 Å². The van der Waals surface area contributed by atoms with Crippen LogP contribution in [-0.2, 0) is 10.0 Å². The van der Waals surface area contributed by atoms with Crippen LogP contribution in [0, 0.1) is 0 Å². The highest BCUT2D eigenvalue weighted by molar-refractivity contribution is 7.89. The zero-order valence-corrected chi connectivity index (χ0v) is 12.9. The SMILES string of the molecule is CCCNCCNS(=O)(=O)c1cccc(C(N)=O)c1.Cl. The van der Waals surface area contributed by atoms with Gasteiger partial charge >= 0.3 is 0 Å². The van der Waals surface area contributed by atoms with Crippen molar-refractivity contribution in [2.75, 3.05) is 19.6 Å². The molecule has 1 aromatic carbocycles. The van der Waals surface area contributed by atoms with E-state index in [1.165, 1.54) is 24.3 Å². The number of halogens is 1. The summed E-state index contributed by atoms with van der Waals surface area (Å²) in [6.45, 7) is 3.73. The molecule has 0 saturated carbocycles. The monoisotopic (exact) mass is 321 g/mol. The molecule has 0 atom stereocenters. The minimum absolute atomic E-state index is 0. The van der Waals surface area contributed by atoms with Crippen LogP contribution >= 0.6 is 12.4 Å². The van der Waals surface area contributed by atoms with Crippen LogP contribution < -0.4 is 15.8 Å². The summed E-state index contributed by atoms with van der Waals surface area (Å²) in [4.78, 5) is 11.1. The molecule has 0 bridgehead atoms. The highest BCUT2D eigenvalue weighted by Crippen LogP contribution is 2.10. The number of hydrogen-bond donors (Lipinski definition) is 3. The van der Waals surface area contributed by atoms with Gasteiger partial charge in [-0.1, -0.05) is 13.0 Å². The molecule has 1 amide bonds. The normalized spacial score (nSPS) is 10.8. The molecule has 0 saturated heterocycles. The molecule has 0 aliphatic rings. The number of carbonyl (C=O) groups is 1. The van der Waals surface area contributed by atoms with Crippen LogP contribution in [0.2, 0.25) is 0 Å². The van der Waals surface area contributed by atoms with Gasteiger partial charge in [0.1, 0.15) is 0 Å². The maximum Gasteiger partial charge on any atom is 0.248 e. The summed E-state index contributed by atoms with van der Waals surface area (Å²) in [6.07, 6.45) is 0.993. The third kappa shape index (κ3) is 5.87. The van der Waals surface area contributed by atoms with Gasteiger partial charge in [0, 0.05) is 18.7 Å². The number of sulfonamides is 1. The van der Waals surface area contributed by atoms with Crippen molar-refractivity contribution in [2.24, 2.45) is 5.73 Å². The summed E-state index contributed by atoms with van der Waals surface area (Å²) in [5.74, 6) is -0.651. The van der Waals surface area contributed by atoms with Crippen molar-refractivity contribution in [1.29, 1.82) is 0 Å². The molecule has 6 nitrogen and oxygen atoms in total. The van der Waals surface area contributed by atoms with E-state index in [0.717, 1.165) is 13.0 Å². The molecule has 114 valence electrons. The van der Waals surface area contributed by atoms with Crippen LogP contribution in [0.3, 0.4) is 0 Å². The van der Waals surface area contributed by atoms with Gasteiger partial charge in [0.2, 0.25) is 15.9 Å². The lowest BCUT2D eigenvalue weighted by Gasteiger charge is -2.08. The van der Waals surface area contributed by atoms with Gasteiger partial charge in [-0.05, 0) is 31.2 Å². The lowest BCUT2D eigenvalue weighted by Crippen LogP contribution is -2.32. The van der Waals surface area contributed by atoms with Crippen molar-refractivity contribution in [2.45, 2.75) is 18.2 Å². The van der Waals surface area contributed by atoms with Crippen molar-refractivity contribution in [1.82, 2.24) is 10.0 Å². The van der Waals surface area contributed by atoms with Crippen LogP contribution in [0.15, 0.2) is 29.2 Å². The van der Waals surface area contributed by atoms with Gasteiger partial charge in [0.15, 0.2) is 0 Å². The van der Waals surface area contributed by atoms with Crippen molar-refractivity contribution in [3.63, 3.8) is 0 Å². The Morgan fingerprint density at radius 3 is 2.55 bits per heavy atom. The molecular weight excluding hydrogens is 302 g/mol. The lowest BCUT2D eigenvalue weighted by molar-refractivity contribution is 0.1000. The minimum Gasteiger partial charge on any atom is -0.366 e. The largest absolute Gasteiger partial charge is 0.366 e. The first-order valence-electron chi connectivity index (χ1n) is 6.07. The summed E-state index contributed by atoms with van der Waals surface area (Å²) in [6, 6.07) is 5.66. The number of hydrogen-bond acceptors (Lipinski definition) is 4. The fraction of sp³-hybridized carbons (Fsp3) is 0.417. The topological polar surface area (TPSA) is 101 Å². The van der Waals surface area contributed by atoms with E-state index in [-0.39, 0.29) is 22.9 Å². The van der Waals surface area contributed by atoms with Gasteiger partial charge in [-0.25, -0.2) is 13.1 Å². The average molecular weight is 322 g/mol. The van der Waals surface area contributed by atoms with E-state index in [4.69, 9.17) is 5.73 Å². The van der Waals surface area contributed by atoms with Crippen LogP contribution in [-0.4, -0.2) is 34.0 Å². The van der Waals surface area contributed by atoms with Gasteiger partial charge in [0.05, 0.1) is 4.90 Å².